The maximum atomic E-state index is 17.0. The highest BCUT2D eigenvalue weighted by molar-refractivity contribution is 6.27. The van der Waals surface area contributed by atoms with E-state index in [1.165, 1.54) is 47.3 Å². The molecule has 0 aliphatic heterocycles. The molecule has 2 aliphatic carbocycles. The molecule has 2 aliphatic rings. The summed E-state index contributed by atoms with van der Waals surface area (Å²) in [5, 5.41) is 4.46. The highest BCUT2D eigenvalue weighted by Crippen LogP contribution is 2.59. The number of benzene rings is 12. The summed E-state index contributed by atoms with van der Waals surface area (Å²) in [6.07, 6.45) is 0. The van der Waals surface area contributed by atoms with Crippen molar-refractivity contribution in [3.63, 3.8) is 0 Å². The maximum absolute atomic E-state index is 17.0. The van der Waals surface area contributed by atoms with Gasteiger partial charge in [0.15, 0.2) is 0 Å². The van der Waals surface area contributed by atoms with Crippen LogP contribution in [0, 0.1) is 23.3 Å². The summed E-state index contributed by atoms with van der Waals surface area (Å²) in [6, 6.07) is 77.3. The van der Waals surface area contributed by atoms with Gasteiger partial charge in [0.25, 0.3) is 0 Å². The lowest BCUT2D eigenvalue weighted by Gasteiger charge is -2.30. The number of hydrogen-bond donors (Lipinski definition) is 0. The number of para-hydroxylation sites is 1. The molecule has 0 atom stereocenters. The Morgan fingerprint density at radius 3 is 1.39 bits per heavy atom. The molecule has 0 N–H and O–H groups in total. The Hall–Kier alpha value is -9.52. The van der Waals surface area contributed by atoms with Gasteiger partial charge in [-0.2, -0.15) is 0 Å². The van der Waals surface area contributed by atoms with Crippen molar-refractivity contribution in [2.45, 2.75) is 19.3 Å². The molecule has 12 aromatic rings. The zero-order valence-corrected chi connectivity index (χ0v) is 42.0. The fourth-order valence-electron chi connectivity index (χ4n) is 12.4. The van der Waals surface area contributed by atoms with E-state index in [1.54, 1.807) is 48.5 Å². The van der Waals surface area contributed by atoms with Gasteiger partial charge in [-0.05, 0) is 185 Å². The summed E-state index contributed by atoms with van der Waals surface area (Å²) < 4.78 is 61.2. The standard InChI is InChI=1S/C71H46F4N2/c1-71(2)58-19-6-5-16-55(58)68-59(71)20-11-23-63(68)77(64-42-47(30-41-61(64)75)43-24-31-48(72)32-25-43)52-37-28-46(29-38-52)67-54-15-4-3-14-53(54)66(69-56-17-9-12-44-13-10-18-57(65(44)56)70(67)69)45-26-35-50(36-27-45)76(51-39-33-49(73)34-40-51)62-22-8-7-21-60(62)74/h3-42H,1-2H3. The largest absolute Gasteiger partial charge is 0.308 e. The molecule has 77 heavy (non-hydrogen) atoms. The van der Waals surface area contributed by atoms with Crippen LogP contribution in [0.2, 0.25) is 0 Å². The Morgan fingerprint density at radius 1 is 0.312 bits per heavy atom. The first-order valence-corrected chi connectivity index (χ1v) is 25.8. The van der Waals surface area contributed by atoms with E-state index in [4.69, 9.17) is 0 Å². The highest BCUT2D eigenvalue weighted by Gasteiger charge is 2.38. The van der Waals surface area contributed by atoms with Crippen LogP contribution < -0.4 is 9.80 Å². The molecule has 0 fully saturated rings. The molecule has 0 saturated carbocycles. The predicted octanol–water partition coefficient (Wildman–Crippen LogP) is 20.4. The minimum Gasteiger partial charge on any atom is -0.308 e. The van der Waals surface area contributed by atoms with Crippen LogP contribution in [0.25, 0.3) is 88.3 Å². The van der Waals surface area contributed by atoms with Crippen molar-refractivity contribution in [2.24, 2.45) is 0 Å². The van der Waals surface area contributed by atoms with Crippen molar-refractivity contribution in [3.8, 4) is 66.8 Å². The van der Waals surface area contributed by atoms with Gasteiger partial charge in [0.05, 0.1) is 17.1 Å². The number of hydrogen-bond acceptors (Lipinski definition) is 2. The molecule has 0 spiro atoms. The summed E-state index contributed by atoms with van der Waals surface area (Å²) in [4.78, 5) is 3.85. The van der Waals surface area contributed by atoms with Crippen molar-refractivity contribution >= 4 is 55.7 Å². The SMILES string of the molecule is CC1(C)c2ccccc2-c2c(N(c3ccc(-c4c5c(c(-c6ccc(N(c7ccc(F)cc7)c7ccccc7F)cc6)c6ccccc46)-c4cccc6cccc-5c46)cc3)c3cc(-c4ccc(F)cc4)ccc3F)cccc21. The van der Waals surface area contributed by atoms with Crippen molar-refractivity contribution in [1.29, 1.82) is 0 Å². The van der Waals surface area contributed by atoms with Gasteiger partial charge < -0.3 is 9.80 Å². The average molecular weight is 1000 g/mol. The van der Waals surface area contributed by atoms with Crippen LogP contribution in [0.4, 0.5) is 51.7 Å². The Balaban J connectivity index is 0.964. The summed E-state index contributed by atoms with van der Waals surface area (Å²) in [5.74, 6) is -1.50. The first-order chi connectivity index (χ1) is 37.6. The summed E-state index contributed by atoms with van der Waals surface area (Å²) in [6.45, 7) is 4.49. The van der Waals surface area contributed by atoms with Crippen molar-refractivity contribution in [1.82, 2.24) is 0 Å². The van der Waals surface area contributed by atoms with Gasteiger partial charge in [-0.1, -0.05) is 166 Å². The van der Waals surface area contributed by atoms with E-state index in [1.807, 2.05) is 28.0 Å². The van der Waals surface area contributed by atoms with E-state index in [0.717, 1.165) is 106 Å². The molecule has 368 valence electrons. The first-order valence-electron chi connectivity index (χ1n) is 25.8. The van der Waals surface area contributed by atoms with Gasteiger partial charge in [-0.3, -0.25) is 0 Å². The fraction of sp³-hybridized carbons (Fsp3) is 0.0423. The Bertz CT molecular complexity index is 4330. The fourth-order valence-corrected chi connectivity index (χ4v) is 12.4. The monoisotopic (exact) mass is 1000 g/mol. The molecule has 0 heterocycles. The highest BCUT2D eigenvalue weighted by atomic mass is 19.1. The van der Waals surface area contributed by atoms with Gasteiger partial charge in [0, 0.05) is 28.0 Å². The zero-order chi connectivity index (χ0) is 52.1. The quantitative estimate of drug-likeness (QED) is 0.133. The summed E-state index contributed by atoms with van der Waals surface area (Å²) >= 11 is 0. The molecule has 6 heteroatoms. The van der Waals surface area contributed by atoms with Gasteiger partial charge in [0.1, 0.15) is 23.3 Å². The molecular formula is C71H46F4N2. The van der Waals surface area contributed by atoms with Crippen LogP contribution in [-0.4, -0.2) is 0 Å². The molecular weight excluding hydrogens is 957 g/mol. The van der Waals surface area contributed by atoms with Gasteiger partial charge in [-0.25, -0.2) is 17.6 Å². The molecule has 0 bridgehead atoms. The second kappa shape index (κ2) is 17.8. The third-order valence-electron chi connectivity index (χ3n) is 15.9. The predicted molar refractivity (Wildman–Crippen MR) is 309 cm³/mol. The van der Waals surface area contributed by atoms with Gasteiger partial charge >= 0.3 is 0 Å². The van der Waals surface area contributed by atoms with E-state index < -0.39 is 11.6 Å². The minimum atomic E-state index is -0.395. The first kappa shape index (κ1) is 46.0. The molecule has 12 aromatic carbocycles. The number of fused-ring (bicyclic) bond motifs is 7. The zero-order valence-electron chi connectivity index (χ0n) is 42.0. The second-order valence-electron chi connectivity index (χ2n) is 20.5. The van der Waals surface area contributed by atoms with Crippen LogP contribution in [0.15, 0.2) is 243 Å². The van der Waals surface area contributed by atoms with Crippen LogP contribution in [0.1, 0.15) is 25.0 Å². The number of halogens is 4. The lowest BCUT2D eigenvalue weighted by molar-refractivity contribution is 0.626. The Kier molecular flexibility index (Phi) is 10.7. The third kappa shape index (κ3) is 7.31. The number of nitrogens with zero attached hydrogens (tertiary/aromatic N) is 2. The lowest BCUT2D eigenvalue weighted by atomic mass is 9.82. The molecule has 14 rings (SSSR count). The Labute approximate surface area is 444 Å². The van der Waals surface area contributed by atoms with Crippen molar-refractivity contribution in [3.05, 3.63) is 277 Å². The van der Waals surface area contributed by atoms with Crippen LogP contribution in [0.3, 0.4) is 0 Å². The van der Waals surface area contributed by atoms with E-state index in [2.05, 4.69) is 153 Å². The van der Waals surface area contributed by atoms with Gasteiger partial charge in [0.2, 0.25) is 0 Å². The number of rotatable bonds is 9. The van der Waals surface area contributed by atoms with E-state index in [0.29, 0.717) is 17.1 Å². The maximum Gasteiger partial charge on any atom is 0.147 e. The van der Waals surface area contributed by atoms with E-state index >= 15 is 8.78 Å². The van der Waals surface area contributed by atoms with E-state index in [-0.39, 0.29) is 17.0 Å². The third-order valence-corrected chi connectivity index (χ3v) is 15.9. The van der Waals surface area contributed by atoms with Crippen molar-refractivity contribution in [2.75, 3.05) is 9.80 Å². The molecule has 0 amide bonds. The molecule has 0 radical (unpaired) electrons. The number of anilines is 6. The smallest absolute Gasteiger partial charge is 0.147 e. The lowest BCUT2D eigenvalue weighted by Crippen LogP contribution is -2.16. The van der Waals surface area contributed by atoms with Crippen LogP contribution >= 0.6 is 0 Å². The molecule has 0 unspecified atom stereocenters. The molecule has 0 saturated heterocycles. The Morgan fingerprint density at radius 2 is 0.766 bits per heavy atom. The molecule has 0 aromatic heterocycles. The van der Waals surface area contributed by atoms with Gasteiger partial charge in [-0.15, -0.1) is 0 Å². The topological polar surface area (TPSA) is 6.48 Å². The average Bonchev–Trinajstić information content (AvgIpc) is 3.92. The normalized spacial score (nSPS) is 12.6. The van der Waals surface area contributed by atoms with Crippen LogP contribution in [-0.2, 0) is 5.41 Å². The van der Waals surface area contributed by atoms with Crippen LogP contribution in [0.5, 0.6) is 0 Å². The van der Waals surface area contributed by atoms with Crippen molar-refractivity contribution < 1.29 is 17.6 Å². The molecule has 2 nitrogen and oxygen atoms in total. The second-order valence-corrected chi connectivity index (χ2v) is 20.5. The van der Waals surface area contributed by atoms with E-state index in [9.17, 15) is 8.78 Å². The summed E-state index contributed by atoms with van der Waals surface area (Å²) in [7, 11) is 0. The minimum absolute atomic E-state index is 0.298. The summed E-state index contributed by atoms with van der Waals surface area (Å²) in [5.41, 5.74) is 18.1.